The number of hydrogen-bond donors (Lipinski definition) is 2. The number of allylic oxidation sites excluding steroid dienone is 2. The van der Waals surface area contributed by atoms with Crippen molar-refractivity contribution in [1.29, 1.82) is 0 Å². The lowest BCUT2D eigenvalue weighted by atomic mass is 10.1. The molecule has 0 saturated carbocycles. The summed E-state index contributed by atoms with van der Waals surface area (Å²) in [4.78, 5) is 2.15. The van der Waals surface area contributed by atoms with Crippen LogP contribution in [0.15, 0.2) is 12.2 Å². The van der Waals surface area contributed by atoms with E-state index in [2.05, 4.69) is 24.0 Å². The Morgan fingerprint density at radius 1 is 0.538 bits per heavy atom. The number of aliphatic hydroxyl groups excluding tert-OH is 2. The predicted molar refractivity (Wildman–Crippen MR) is 115 cm³/mol. The van der Waals surface area contributed by atoms with Crippen LogP contribution in [0.2, 0.25) is 0 Å². The predicted octanol–water partition coefficient (Wildman–Crippen LogP) is 5.70. The fourth-order valence-corrected chi connectivity index (χ4v) is 3.38. The summed E-state index contributed by atoms with van der Waals surface area (Å²) in [7, 11) is 0. The van der Waals surface area contributed by atoms with Crippen LogP contribution in [0.3, 0.4) is 0 Å². The van der Waals surface area contributed by atoms with Gasteiger partial charge in [0, 0.05) is 13.1 Å². The number of unbranched alkanes of at least 4 members (excludes halogenated alkanes) is 13. The van der Waals surface area contributed by atoms with Crippen LogP contribution in [-0.4, -0.2) is 48.0 Å². The Morgan fingerprint density at radius 2 is 0.962 bits per heavy atom. The van der Waals surface area contributed by atoms with Crippen molar-refractivity contribution < 1.29 is 10.2 Å². The van der Waals surface area contributed by atoms with Gasteiger partial charge < -0.3 is 10.2 Å². The molecule has 26 heavy (non-hydrogen) atoms. The van der Waals surface area contributed by atoms with Gasteiger partial charge in [0.15, 0.2) is 0 Å². The Balaban J connectivity index is 3.22. The first-order valence-corrected chi connectivity index (χ1v) is 11.4. The molecule has 0 radical (unpaired) electrons. The fraction of sp³-hybridized carbons (Fsp3) is 0.913. The quantitative estimate of drug-likeness (QED) is 0.201. The van der Waals surface area contributed by atoms with E-state index >= 15 is 0 Å². The van der Waals surface area contributed by atoms with Crippen molar-refractivity contribution >= 4 is 0 Å². The minimum absolute atomic E-state index is 0.188. The third-order valence-corrected chi connectivity index (χ3v) is 5.07. The summed E-state index contributed by atoms with van der Waals surface area (Å²) in [5.74, 6) is 0. The van der Waals surface area contributed by atoms with Crippen LogP contribution >= 0.6 is 0 Å². The van der Waals surface area contributed by atoms with E-state index in [1.54, 1.807) is 0 Å². The summed E-state index contributed by atoms with van der Waals surface area (Å²) in [6, 6.07) is 0. The van der Waals surface area contributed by atoms with Crippen LogP contribution in [-0.2, 0) is 0 Å². The van der Waals surface area contributed by atoms with Crippen LogP contribution in [0.5, 0.6) is 0 Å². The second kappa shape index (κ2) is 22.7. The number of rotatable bonds is 21. The molecule has 0 aromatic heterocycles. The van der Waals surface area contributed by atoms with Crippen molar-refractivity contribution in [3.8, 4) is 0 Å². The van der Waals surface area contributed by atoms with Crippen molar-refractivity contribution in [1.82, 2.24) is 4.90 Å². The van der Waals surface area contributed by atoms with Crippen LogP contribution in [0.1, 0.15) is 103 Å². The molecule has 0 atom stereocenters. The molecule has 2 N–H and O–H groups in total. The van der Waals surface area contributed by atoms with Crippen LogP contribution < -0.4 is 0 Å². The molecule has 156 valence electrons. The minimum atomic E-state index is 0.188. The summed E-state index contributed by atoms with van der Waals surface area (Å²) in [6.07, 6.45) is 24.9. The van der Waals surface area contributed by atoms with Crippen molar-refractivity contribution in [2.75, 3.05) is 32.8 Å². The molecule has 0 aliphatic rings. The van der Waals surface area contributed by atoms with Crippen molar-refractivity contribution in [3.05, 3.63) is 12.2 Å². The first kappa shape index (κ1) is 25.6. The Kier molecular flexibility index (Phi) is 22.3. The topological polar surface area (TPSA) is 43.7 Å². The first-order chi connectivity index (χ1) is 12.8. The van der Waals surface area contributed by atoms with Crippen LogP contribution in [0.25, 0.3) is 0 Å². The molecule has 0 aromatic carbocycles. The lowest BCUT2D eigenvalue weighted by molar-refractivity contribution is 0.159. The zero-order valence-electron chi connectivity index (χ0n) is 17.6. The van der Waals surface area contributed by atoms with E-state index in [4.69, 9.17) is 10.2 Å². The molecule has 0 aliphatic carbocycles. The molecule has 0 saturated heterocycles. The molecule has 0 heterocycles. The van der Waals surface area contributed by atoms with Crippen molar-refractivity contribution in [3.63, 3.8) is 0 Å². The van der Waals surface area contributed by atoms with Gasteiger partial charge in [-0.25, -0.2) is 0 Å². The molecule has 0 fully saturated rings. The highest BCUT2D eigenvalue weighted by molar-refractivity contribution is 4.81. The van der Waals surface area contributed by atoms with E-state index < -0.39 is 0 Å². The van der Waals surface area contributed by atoms with Crippen molar-refractivity contribution in [2.24, 2.45) is 0 Å². The lowest BCUT2D eigenvalue weighted by Crippen LogP contribution is -2.30. The highest BCUT2D eigenvalue weighted by Gasteiger charge is 2.02. The number of aliphatic hydroxyl groups is 2. The molecular weight excluding hydrogens is 322 g/mol. The molecule has 0 amide bonds. The van der Waals surface area contributed by atoms with Gasteiger partial charge in [0.1, 0.15) is 0 Å². The fourth-order valence-electron chi connectivity index (χ4n) is 3.38. The summed E-state index contributed by atoms with van der Waals surface area (Å²) in [5.41, 5.74) is 0. The molecule has 0 aromatic rings. The Morgan fingerprint density at radius 3 is 1.42 bits per heavy atom. The molecule has 0 bridgehead atoms. The molecule has 3 heteroatoms. The smallest absolute Gasteiger partial charge is 0.0558 e. The zero-order valence-corrected chi connectivity index (χ0v) is 17.6. The third kappa shape index (κ3) is 19.9. The average Bonchev–Trinajstić information content (AvgIpc) is 2.64. The molecule has 0 rings (SSSR count). The Bertz CT molecular complexity index is 275. The van der Waals surface area contributed by atoms with Crippen LogP contribution in [0.4, 0.5) is 0 Å². The summed E-state index contributed by atoms with van der Waals surface area (Å²) >= 11 is 0. The lowest BCUT2D eigenvalue weighted by Gasteiger charge is -2.19. The van der Waals surface area contributed by atoms with Gasteiger partial charge in [0.25, 0.3) is 0 Å². The summed E-state index contributed by atoms with van der Waals surface area (Å²) in [6.45, 7) is 5.03. The van der Waals surface area contributed by atoms with E-state index in [0.29, 0.717) is 13.1 Å². The monoisotopic (exact) mass is 369 g/mol. The van der Waals surface area contributed by atoms with Gasteiger partial charge in [0.05, 0.1) is 13.2 Å². The van der Waals surface area contributed by atoms with Gasteiger partial charge >= 0.3 is 0 Å². The van der Waals surface area contributed by atoms with Crippen molar-refractivity contribution in [2.45, 2.75) is 103 Å². The standard InChI is InChI=1S/C23H47NO2/c1-2-3-4-5-6-7-8-9-10-11-12-13-14-15-16-17-18-19-24(20-22-25)21-23-26/h9-10,25-26H,2-8,11-23H2,1H3/b10-9-. The molecule has 0 spiro atoms. The Labute approximate surface area is 163 Å². The van der Waals surface area contributed by atoms with Gasteiger partial charge in [0.2, 0.25) is 0 Å². The second-order valence-corrected chi connectivity index (χ2v) is 7.58. The number of hydrogen-bond acceptors (Lipinski definition) is 3. The molecule has 0 unspecified atom stereocenters. The van der Waals surface area contributed by atoms with E-state index in [1.165, 1.54) is 96.3 Å². The van der Waals surface area contributed by atoms with Gasteiger partial charge in [-0.05, 0) is 38.6 Å². The molecule has 3 nitrogen and oxygen atoms in total. The van der Waals surface area contributed by atoms with E-state index in [9.17, 15) is 0 Å². The average molecular weight is 370 g/mol. The maximum Gasteiger partial charge on any atom is 0.0558 e. The van der Waals surface area contributed by atoms with E-state index in [0.717, 1.165) is 6.54 Å². The highest BCUT2D eigenvalue weighted by atomic mass is 16.3. The highest BCUT2D eigenvalue weighted by Crippen LogP contribution is 2.10. The Hall–Kier alpha value is -0.380. The van der Waals surface area contributed by atoms with Gasteiger partial charge in [-0.15, -0.1) is 0 Å². The second-order valence-electron chi connectivity index (χ2n) is 7.58. The number of nitrogens with zero attached hydrogens (tertiary/aromatic N) is 1. The van der Waals surface area contributed by atoms with E-state index in [1.807, 2.05) is 0 Å². The summed E-state index contributed by atoms with van der Waals surface area (Å²) < 4.78 is 0. The van der Waals surface area contributed by atoms with Gasteiger partial charge in [-0.1, -0.05) is 83.3 Å². The molecule has 0 aliphatic heterocycles. The SMILES string of the molecule is CCCCCCCC/C=C\CCCCCCCCCN(CCO)CCO. The van der Waals surface area contributed by atoms with Gasteiger partial charge in [-0.3, -0.25) is 4.90 Å². The first-order valence-electron chi connectivity index (χ1n) is 11.4. The largest absolute Gasteiger partial charge is 0.395 e. The molecular formula is C23H47NO2. The van der Waals surface area contributed by atoms with E-state index in [-0.39, 0.29) is 13.2 Å². The normalized spacial score (nSPS) is 11.8. The summed E-state index contributed by atoms with van der Waals surface area (Å²) in [5, 5.41) is 18.0. The van der Waals surface area contributed by atoms with Crippen LogP contribution in [0, 0.1) is 0 Å². The zero-order chi connectivity index (χ0) is 19.1. The third-order valence-electron chi connectivity index (χ3n) is 5.07. The minimum Gasteiger partial charge on any atom is -0.395 e. The maximum atomic E-state index is 8.98. The van der Waals surface area contributed by atoms with Gasteiger partial charge in [-0.2, -0.15) is 0 Å². The maximum absolute atomic E-state index is 8.98.